The minimum Gasteiger partial charge on any atom is -0.298 e. The molecule has 0 bridgehead atoms. The summed E-state index contributed by atoms with van der Waals surface area (Å²) in [6.07, 6.45) is 1.01. The van der Waals surface area contributed by atoms with Crippen LogP contribution < -0.4 is 10.6 Å². The average molecular weight is 276 g/mol. The highest BCUT2D eigenvalue weighted by Crippen LogP contribution is 2.32. The lowest BCUT2D eigenvalue weighted by Gasteiger charge is -2.31. The van der Waals surface area contributed by atoms with E-state index in [1.807, 2.05) is 23.9 Å². The molecule has 1 aromatic rings. The second kappa shape index (κ2) is 5.35. The summed E-state index contributed by atoms with van der Waals surface area (Å²) in [4.78, 5) is 22.9. The van der Waals surface area contributed by atoms with Crippen molar-refractivity contribution < 1.29 is 9.59 Å². The molecule has 0 saturated carbocycles. The molecule has 1 fully saturated rings. The van der Waals surface area contributed by atoms with E-state index in [-0.39, 0.29) is 23.9 Å². The summed E-state index contributed by atoms with van der Waals surface area (Å²) in [6, 6.07) is 8.29. The molecule has 4 nitrogen and oxygen atoms in total. The average Bonchev–Trinajstić information content (AvgIpc) is 2.42. The summed E-state index contributed by atoms with van der Waals surface area (Å²) >= 11 is 1.87. The molecule has 19 heavy (non-hydrogen) atoms. The third-order valence-corrected chi connectivity index (χ3v) is 4.70. The molecule has 2 N–H and O–H groups in total. The number of carbonyl (C=O) groups is 2. The van der Waals surface area contributed by atoms with Gasteiger partial charge in [0.15, 0.2) is 0 Å². The van der Waals surface area contributed by atoms with Crippen molar-refractivity contribution in [1.82, 2.24) is 10.6 Å². The number of nitrogens with one attached hydrogen (secondary N) is 2. The van der Waals surface area contributed by atoms with Crippen molar-refractivity contribution in [3.63, 3.8) is 0 Å². The molecule has 5 heteroatoms. The lowest BCUT2D eigenvalue weighted by atomic mass is 9.99. The maximum absolute atomic E-state index is 11.8. The van der Waals surface area contributed by atoms with Gasteiger partial charge in [-0.3, -0.25) is 20.2 Å². The zero-order valence-corrected chi connectivity index (χ0v) is 11.3. The number of hydrogen-bond acceptors (Lipinski definition) is 4. The van der Waals surface area contributed by atoms with Crippen molar-refractivity contribution in [1.29, 1.82) is 0 Å². The molecular formula is C14H16N2O2S. The Labute approximate surface area is 116 Å². The van der Waals surface area contributed by atoms with Crippen molar-refractivity contribution in [3.05, 3.63) is 35.4 Å². The van der Waals surface area contributed by atoms with Gasteiger partial charge in [-0.1, -0.05) is 24.3 Å². The zero-order valence-electron chi connectivity index (χ0n) is 10.5. The molecular weight excluding hydrogens is 260 g/mol. The van der Waals surface area contributed by atoms with E-state index in [9.17, 15) is 9.59 Å². The van der Waals surface area contributed by atoms with Gasteiger partial charge in [0, 0.05) is 24.0 Å². The van der Waals surface area contributed by atoms with Gasteiger partial charge in [0.25, 0.3) is 0 Å². The van der Waals surface area contributed by atoms with Gasteiger partial charge in [-0.15, -0.1) is 0 Å². The van der Waals surface area contributed by atoms with Crippen molar-refractivity contribution in [3.8, 4) is 0 Å². The lowest BCUT2D eigenvalue weighted by molar-refractivity contribution is -0.134. The lowest BCUT2D eigenvalue weighted by Crippen LogP contribution is -2.52. The highest BCUT2D eigenvalue weighted by Gasteiger charge is 2.30. The number of rotatable bonds is 2. The van der Waals surface area contributed by atoms with Crippen molar-refractivity contribution in [2.75, 3.05) is 5.75 Å². The molecule has 2 aliphatic heterocycles. The summed E-state index contributed by atoms with van der Waals surface area (Å²) in [6.45, 7) is 0. The van der Waals surface area contributed by atoms with Crippen LogP contribution in [0, 0.1) is 0 Å². The first kappa shape index (κ1) is 12.7. The van der Waals surface area contributed by atoms with Crippen LogP contribution in [0.5, 0.6) is 0 Å². The maximum Gasteiger partial charge on any atom is 0.243 e. The van der Waals surface area contributed by atoms with Crippen LogP contribution in [-0.2, 0) is 15.3 Å². The predicted octanol–water partition coefficient (Wildman–Crippen LogP) is 1.37. The van der Waals surface area contributed by atoms with Crippen LogP contribution in [0.1, 0.15) is 30.0 Å². The molecule has 0 aliphatic carbocycles. The molecule has 1 saturated heterocycles. The van der Waals surface area contributed by atoms with Crippen LogP contribution in [-0.4, -0.2) is 23.6 Å². The Morgan fingerprint density at radius 2 is 2.05 bits per heavy atom. The standard InChI is InChI=1S/C14H16N2O2S/c17-13-6-5-11(14(18)16-13)15-12-8-19-7-9-3-1-2-4-10(9)12/h1-4,11-12,15H,5-8H2,(H,16,17,18). The van der Waals surface area contributed by atoms with Gasteiger partial charge in [0.1, 0.15) is 0 Å². The minimum atomic E-state index is -0.255. The molecule has 2 unspecified atom stereocenters. The highest BCUT2D eigenvalue weighted by atomic mass is 32.2. The molecule has 2 atom stereocenters. The molecule has 0 spiro atoms. The normalized spacial score (nSPS) is 26.7. The topological polar surface area (TPSA) is 58.2 Å². The fourth-order valence-corrected chi connectivity index (χ4v) is 3.73. The number of fused-ring (bicyclic) bond motifs is 1. The van der Waals surface area contributed by atoms with Crippen LogP contribution in [0.2, 0.25) is 0 Å². The highest BCUT2D eigenvalue weighted by molar-refractivity contribution is 7.98. The third kappa shape index (κ3) is 2.67. The molecule has 1 aromatic carbocycles. The second-order valence-electron chi connectivity index (χ2n) is 4.94. The first-order valence-corrected chi connectivity index (χ1v) is 7.65. The number of benzene rings is 1. The number of piperidine rings is 1. The third-order valence-electron chi connectivity index (χ3n) is 3.61. The van der Waals surface area contributed by atoms with E-state index in [4.69, 9.17) is 0 Å². The molecule has 2 heterocycles. The zero-order chi connectivity index (χ0) is 13.2. The van der Waals surface area contributed by atoms with Gasteiger partial charge in [0.2, 0.25) is 11.8 Å². The van der Waals surface area contributed by atoms with E-state index in [1.54, 1.807) is 0 Å². The molecule has 0 radical (unpaired) electrons. The smallest absolute Gasteiger partial charge is 0.243 e. The van der Waals surface area contributed by atoms with Crippen molar-refractivity contribution >= 4 is 23.6 Å². The van der Waals surface area contributed by atoms with Gasteiger partial charge in [-0.05, 0) is 17.5 Å². The molecule has 3 rings (SSSR count). The quantitative estimate of drug-likeness (QED) is 0.801. The number of carbonyl (C=O) groups excluding carboxylic acids is 2. The number of imide groups is 1. The van der Waals surface area contributed by atoms with Gasteiger partial charge in [-0.2, -0.15) is 11.8 Å². The summed E-state index contributed by atoms with van der Waals surface area (Å²) in [7, 11) is 0. The number of thioether (sulfide) groups is 1. The van der Waals surface area contributed by atoms with E-state index in [2.05, 4.69) is 22.8 Å². The molecule has 100 valence electrons. The van der Waals surface area contributed by atoms with Crippen LogP contribution in [0.15, 0.2) is 24.3 Å². The fourth-order valence-electron chi connectivity index (χ4n) is 2.62. The molecule has 2 aliphatic rings. The Morgan fingerprint density at radius 3 is 2.89 bits per heavy atom. The summed E-state index contributed by atoms with van der Waals surface area (Å²) < 4.78 is 0. The van der Waals surface area contributed by atoms with E-state index in [0.717, 1.165) is 11.5 Å². The minimum absolute atomic E-state index is 0.165. The number of amides is 2. The fraction of sp³-hybridized carbons (Fsp3) is 0.429. The van der Waals surface area contributed by atoms with E-state index in [1.165, 1.54) is 11.1 Å². The summed E-state index contributed by atoms with van der Waals surface area (Å²) in [5.74, 6) is 1.64. The van der Waals surface area contributed by atoms with Crippen LogP contribution in [0.4, 0.5) is 0 Å². The first-order chi connectivity index (χ1) is 9.24. The van der Waals surface area contributed by atoms with E-state index < -0.39 is 0 Å². The van der Waals surface area contributed by atoms with Crippen LogP contribution in [0.25, 0.3) is 0 Å². The summed E-state index contributed by atoms with van der Waals surface area (Å²) in [5, 5.41) is 5.79. The number of hydrogen-bond donors (Lipinski definition) is 2. The van der Waals surface area contributed by atoms with Gasteiger partial charge in [-0.25, -0.2) is 0 Å². The Hall–Kier alpha value is -1.33. The van der Waals surface area contributed by atoms with Gasteiger partial charge in [0.05, 0.1) is 6.04 Å². The molecule has 2 amide bonds. The maximum atomic E-state index is 11.8. The Bertz CT molecular complexity index is 518. The monoisotopic (exact) mass is 276 g/mol. The Morgan fingerprint density at radius 1 is 1.21 bits per heavy atom. The van der Waals surface area contributed by atoms with Crippen molar-refractivity contribution in [2.24, 2.45) is 0 Å². The van der Waals surface area contributed by atoms with Crippen LogP contribution >= 0.6 is 11.8 Å². The van der Waals surface area contributed by atoms with Crippen LogP contribution in [0.3, 0.4) is 0 Å². The van der Waals surface area contributed by atoms with E-state index >= 15 is 0 Å². The molecule has 0 aromatic heterocycles. The first-order valence-electron chi connectivity index (χ1n) is 6.49. The van der Waals surface area contributed by atoms with Crippen molar-refractivity contribution in [2.45, 2.75) is 30.7 Å². The second-order valence-corrected chi connectivity index (χ2v) is 5.97. The SMILES string of the molecule is O=C1CCC(NC2CSCc3ccccc32)C(=O)N1. The van der Waals surface area contributed by atoms with Gasteiger partial charge >= 0.3 is 0 Å². The predicted molar refractivity (Wildman–Crippen MR) is 74.7 cm³/mol. The Kier molecular flexibility index (Phi) is 3.57. The van der Waals surface area contributed by atoms with E-state index in [0.29, 0.717) is 12.8 Å². The summed E-state index contributed by atoms with van der Waals surface area (Å²) in [5.41, 5.74) is 2.62. The van der Waals surface area contributed by atoms with Gasteiger partial charge < -0.3 is 0 Å². The largest absolute Gasteiger partial charge is 0.298 e. The Balaban J connectivity index is 1.74.